The first-order valence-corrected chi connectivity index (χ1v) is 24.8. The first-order valence-electron chi connectivity index (χ1n) is 22.9. The molecular formula is C55H60N2O5Si. The number of piperidine rings is 1. The first-order chi connectivity index (χ1) is 30.6. The summed E-state index contributed by atoms with van der Waals surface area (Å²) in [7, 11) is -2.94. The molecule has 1 N–H and O–H groups in total. The minimum Gasteiger partial charge on any atom is -0.507 e. The van der Waals surface area contributed by atoms with E-state index < -0.39 is 20.2 Å². The van der Waals surface area contributed by atoms with E-state index in [1.165, 1.54) is 15.9 Å². The van der Waals surface area contributed by atoms with E-state index in [4.69, 9.17) is 9.16 Å². The molecule has 0 saturated carbocycles. The number of benzene rings is 5. The average molecular weight is 857 g/mol. The van der Waals surface area contributed by atoms with Gasteiger partial charge in [-0.2, -0.15) is 0 Å². The summed E-state index contributed by atoms with van der Waals surface area (Å²) in [5.41, 5.74) is 6.50. The predicted octanol–water partition coefficient (Wildman–Crippen LogP) is 9.27. The molecule has 0 radical (unpaired) electrons. The molecule has 8 heteroatoms. The minimum atomic E-state index is -2.94. The van der Waals surface area contributed by atoms with Gasteiger partial charge in [0.15, 0.2) is 0 Å². The number of likely N-dealkylation sites (tertiary alicyclic amines) is 2. The van der Waals surface area contributed by atoms with Crippen LogP contribution in [0.1, 0.15) is 69.6 Å². The lowest BCUT2D eigenvalue weighted by Crippen LogP contribution is -2.66. The van der Waals surface area contributed by atoms with E-state index in [0.717, 1.165) is 60.3 Å². The second-order valence-electron chi connectivity index (χ2n) is 18.9. The van der Waals surface area contributed by atoms with Gasteiger partial charge in [0.2, 0.25) is 11.8 Å². The molecule has 3 fully saturated rings. The number of aromatic hydroxyl groups is 1. The molecule has 324 valence electrons. The van der Waals surface area contributed by atoms with Crippen LogP contribution in [0.2, 0.25) is 5.04 Å². The Bertz CT molecular complexity index is 2400. The molecule has 7 nitrogen and oxygen atoms in total. The first kappa shape index (κ1) is 42.9. The molecule has 5 aromatic rings. The number of nitrogens with zero attached hydrogens (tertiary/aromatic N) is 2. The lowest BCUT2D eigenvalue weighted by molar-refractivity contribution is -0.144. The van der Waals surface area contributed by atoms with Gasteiger partial charge in [0.25, 0.3) is 8.32 Å². The number of imide groups is 1. The molecule has 4 aliphatic rings. The number of para-hydroxylation sites is 1. The molecule has 9 rings (SSSR count). The van der Waals surface area contributed by atoms with Crippen molar-refractivity contribution in [1.29, 1.82) is 0 Å². The molecule has 3 heterocycles. The van der Waals surface area contributed by atoms with Gasteiger partial charge in [-0.3, -0.25) is 19.4 Å². The third-order valence-corrected chi connectivity index (χ3v) is 19.2. The molecular weight excluding hydrogens is 797 g/mol. The van der Waals surface area contributed by atoms with Crippen molar-refractivity contribution in [1.82, 2.24) is 9.80 Å². The molecule has 0 unspecified atom stereocenters. The zero-order valence-electron chi connectivity index (χ0n) is 36.9. The fraction of sp³-hybridized carbons (Fsp3) is 0.345. The number of amides is 2. The van der Waals surface area contributed by atoms with Gasteiger partial charge in [0, 0.05) is 37.2 Å². The smallest absolute Gasteiger partial charge is 0.261 e. The van der Waals surface area contributed by atoms with Crippen molar-refractivity contribution in [2.45, 2.75) is 76.6 Å². The summed E-state index contributed by atoms with van der Waals surface area (Å²) in [6.45, 7) is 10.2. The summed E-state index contributed by atoms with van der Waals surface area (Å²) in [4.78, 5) is 33.8. The van der Waals surface area contributed by atoms with Crippen molar-refractivity contribution in [2.24, 2.45) is 17.8 Å². The summed E-state index contributed by atoms with van der Waals surface area (Å²) in [5, 5.41) is 13.0. The Morgan fingerprint density at radius 2 is 1.35 bits per heavy atom. The molecule has 0 aromatic heterocycles. The van der Waals surface area contributed by atoms with Crippen LogP contribution in [0.15, 0.2) is 157 Å². The Kier molecular flexibility index (Phi) is 12.5. The maximum Gasteiger partial charge on any atom is 0.261 e. The Labute approximate surface area is 374 Å². The van der Waals surface area contributed by atoms with E-state index in [1.54, 1.807) is 11.0 Å². The van der Waals surface area contributed by atoms with E-state index in [-0.39, 0.29) is 40.7 Å². The van der Waals surface area contributed by atoms with Gasteiger partial charge in [-0.15, -0.1) is 0 Å². The topological polar surface area (TPSA) is 79.3 Å². The van der Waals surface area contributed by atoms with E-state index in [1.807, 2.05) is 42.5 Å². The van der Waals surface area contributed by atoms with Crippen molar-refractivity contribution in [3.63, 3.8) is 0 Å². The standard InChI is InChI=1S/C55H60N2O5Si/c1-55(2,3)63(45-23-12-6-13-24-45,46-25-14-7-15-26-46)62-37-43-35-47-52(54(60)57(53(47)59)44-30-32-56(33-31-44)36-39-18-8-4-9-19-39)48-38-61-50(51(43)48)29-28-41(40-20-10-5-11-21-40)34-42-22-16-17-27-49(42)58/h4-27,34,44,47-48,50,52,58H,28-33,35-38H2,1-3H3/b41-34-/t47-,48+,50-,52-/m1/s1. The Morgan fingerprint density at radius 3 is 1.97 bits per heavy atom. The molecule has 5 aromatic carbocycles. The quantitative estimate of drug-likeness (QED) is 0.0551. The number of ether oxygens (including phenoxy) is 1. The number of hydrogen-bond donors (Lipinski definition) is 1. The summed E-state index contributed by atoms with van der Waals surface area (Å²) < 4.78 is 14.5. The predicted molar refractivity (Wildman–Crippen MR) is 254 cm³/mol. The highest BCUT2D eigenvalue weighted by molar-refractivity contribution is 6.99. The van der Waals surface area contributed by atoms with Gasteiger partial charge < -0.3 is 14.3 Å². The van der Waals surface area contributed by atoms with Crippen molar-refractivity contribution in [3.8, 4) is 5.75 Å². The fourth-order valence-electron chi connectivity index (χ4n) is 11.2. The monoisotopic (exact) mass is 856 g/mol. The number of phenols is 1. The third kappa shape index (κ3) is 8.54. The second-order valence-corrected chi connectivity index (χ2v) is 23.3. The number of hydrogen-bond acceptors (Lipinski definition) is 6. The summed E-state index contributed by atoms with van der Waals surface area (Å²) in [5.74, 6) is -0.879. The number of allylic oxidation sites excluding steroid dienone is 1. The highest BCUT2D eigenvalue weighted by Gasteiger charge is 2.59. The van der Waals surface area contributed by atoms with Crippen molar-refractivity contribution >= 4 is 42.2 Å². The molecule has 3 aliphatic heterocycles. The fourth-order valence-corrected chi connectivity index (χ4v) is 15.7. The Morgan fingerprint density at radius 1 is 0.762 bits per heavy atom. The number of carbonyl (C=O) groups is 2. The normalized spacial score (nSPS) is 22.4. The molecule has 3 saturated heterocycles. The van der Waals surface area contributed by atoms with Gasteiger partial charge >= 0.3 is 0 Å². The largest absolute Gasteiger partial charge is 0.507 e. The number of fused-ring (bicyclic) bond motifs is 3. The number of carbonyl (C=O) groups excluding carboxylic acids is 2. The van der Waals surface area contributed by atoms with Crippen LogP contribution in [0.4, 0.5) is 0 Å². The maximum absolute atomic E-state index is 14.8. The minimum absolute atomic E-state index is 0.0189. The zero-order chi connectivity index (χ0) is 43.6. The highest BCUT2D eigenvalue weighted by Crippen LogP contribution is 2.51. The Balaban J connectivity index is 1.05. The van der Waals surface area contributed by atoms with Crippen LogP contribution in [0.3, 0.4) is 0 Å². The maximum atomic E-state index is 14.8. The number of phenolic OH excluding ortho intramolecular Hbond substituents is 1. The molecule has 4 atom stereocenters. The Hall–Kier alpha value is -5.38. The summed E-state index contributed by atoms with van der Waals surface area (Å²) in [6, 6.07) is 49.6. The van der Waals surface area contributed by atoms with Gasteiger partial charge in [0.05, 0.1) is 31.2 Å². The van der Waals surface area contributed by atoms with Crippen molar-refractivity contribution in [3.05, 3.63) is 173 Å². The van der Waals surface area contributed by atoms with Crippen LogP contribution < -0.4 is 10.4 Å². The summed E-state index contributed by atoms with van der Waals surface area (Å²) in [6.07, 6.45) is 5.26. The SMILES string of the molecule is CC(C)(C)[Si](OCC1=C2[C@@H](CC/C(=C/c3ccccc3O)c3ccccc3)OC[C@@H]2[C@@H]2C(=O)N(C3CCN(Cc4ccccc4)CC3)C(=O)[C@@H]2C1)(c1ccccc1)c1ccccc1. The van der Waals surface area contributed by atoms with Gasteiger partial charge in [0.1, 0.15) is 5.75 Å². The molecule has 2 amide bonds. The van der Waals surface area contributed by atoms with Crippen LogP contribution in [-0.2, 0) is 25.3 Å². The molecule has 0 bridgehead atoms. The van der Waals surface area contributed by atoms with Crippen LogP contribution in [0.25, 0.3) is 11.6 Å². The van der Waals surface area contributed by atoms with Crippen LogP contribution in [0.5, 0.6) is 5.75 Å². The number of rotatable bonds is 13. The van der Waals surface area contributed by atoms with E-state index in [2.05, 4.69) is 129 Å². The van der Waals surface area contributed by atoms with Gasteiger partial charge in [-0.1, -0.05) is 160 Å². The molecule has 63 heavy (non-hydrogen) atoms. The molecule has 0 spiro atoms. The zero-order valence-corrected chi connectivity index (χ0v) is 37.9. The lowest BCUT2D eigenvalue weighted by Gasteiger charge is -2.44. The molecule has 1 aliphatic carbocycles. The van der Waals surface area contributed by atoms with E-state index in [0.29, 0.717) is 32.5 Å². The van der Waals surface area contributed by atoms with Crippen molar-refractivity contribution in [2.75, 3.05) is 26.3 Å². The summed E-state index contributed by atoms with van der Waals surface area (Å²) >= 11 is 0. The van der Waals surface area contributed by atoms with E-state index >= 15 is 0 Å². The van der Waals surface area contributed by atoms with Crippen LogP contribution >= 0.6 is 0 Å². The second kappa shape index (κ2) is 18.4. The highest BCUT2D eigenvalue weighted by atomic mass is 28.4. The van der Waals surface area contributed by atoms with E-state index in [9.17, 15) is 14.7 Å². The van der Waals surface area contributed by atoms with Crippen LogP contribution in [0, 0.1) is 17.8 Å². The van der Waals surface area contributed by atoms with Gasteiger partial charge in [-0.05, 0) is 87.5 Å². The lowest BCUT2D eigenvalue weighted by atomic mass is 9.69. The average Bonchev–Trinajstić information content (AvgIpc) is 3.84. The van der Waals surface area contributed by atoms with Crippen molar-refractivity contribution < 1.29 is 23.9 Å². The van der Waals surface area contributed by atoms with Gasteiger partial charge in [-0.25, -0.2) is 0 Å². The third-order valence-electron chi connectivity index (χ3n) is 14.2. The van der Waals surface area contributed by atoms with Crippen LogP contribution in [-0.4, -0.2) is 73.5 Å².